The van der Waals surface area contributed by atoms with Crippen LogP contribution in [0.4, 0.5) is 0 Å². The van der Waals surface area contributed by atoms with Gasteiger partial charge in [0.15, 0.2) is 0 Å². The average Bonchev–Trinajstić information content (AvgIpc) is 2.90. The van der Waals surface area contributed by atoms with E-state index in [0.717, 1.165) is 19.3 Å². The third-order valence-corrected chi connectivity index (χ3v) is 3.57. The molecule has 0 aromatic carbocycles. The van der Waals surface area contributed by atoms with Gasteiger partial charge in [-0.05, 0) is 12.8 Å². The van der Waals surface area contributed by atoms with Gasteiger partial charge in [-0.3, -0.25) is 9.59 Å². The molecule has 1 fully saturated rings. The van der Waals surface area contributed by atoms with Crippen molar-refractivity contribution >= 4 is 11.9 Å². The number of esters is 1. The fourth-order valence-corrected chi connectivity index (χ4v) is 2.37. The number of rotatable bonds is 10. The molecule has 1 heterocycles. The predicted molar refractivity (Wildman–Crippen MR) is 87.6 cm³/mol. The Morgan fingerprint density at radius 2 is 1.91 bits per heavy atom. The summed E-state index contributed by atoms with van der Waals surface area (Å²) < 4.78 is 10.2. The maximum Gasteiger partial charge on any atom is 0.311 e. The monoisotopic (exact) mass is 315 g/mol. The molecule has 0 radical (unpaired) electrons. The first kappa shape index (κ1) is 20.9. The molecular formula is C17H33NO4. The third kappa shape index (κ3) is 8.37. The first-order chi connectivity index (χ1) is 10.7. The summed E-state index contributed by atoms with van der Waals surface area (Å²) in [6.45, 7) is 8.42. The predicted octanol–water partition coefficient (Wildman–Crippen LogP) is 3.02. The normalized spacial score (nSPS) is 17.2. The van der Waals surface area contributed by atoms with E-state index in [1.807, 2.05) is 13.8 Å². The van der Waals surface area contributed by atoms with E-state index in [-0.39, 0.29) is 17.8 Å². The lowest BCUT2D eigenvalue weighted by Crippen LogP contribution is -2.28. The van der Waals surface area contributed by atoms with E-state index in [1.165, 1.54) is 12.8 Å². The molecule has 22 heavy (non-hydrogen) atoms. The molecular weight excluding hydrogens is 282 g/mol. The summed E-state index contributed by atoms with van der Waals surface area (Å²) >= 11 is 0. The number of hydrogen-bond acceptors (Lipinski definition) is 4. The molecule has 0 aromatic rings. The van der Waals surface area contributed by atoms with Crippen LogP contribution in [-0.4, -0.2) is 50.2 Å². The lowest BCUT2D eigenvalue weighted by Gasteiger charge is -2.15. The Hall–Kier alpha value is -1.10. The van der Waals surface area contributed by atoms with Crippen molar-refractivity contribution in [3.8, 4) is 0 Å². The Morgan fingerprint density at radius 3 is 2.55 bits per heavy atom. The molecule has 0 aliphatic carbocycles. The standard InChI is InChI=1S/C15H27NO4.C2H6/c1-3-4-5-6-10-20-15(18)13-11-14(17)16(12-13)8-7-9-19-2;1-2/h13H,3-12H2,1-2H3;1-2H3. The highest BCUT2D eigenvalue weighted by molar-refractivity contribution is 5.86. The van der Waals surface area contributed by atoms with Gasteiger partial charge in [0.1, 0.15) is 0 Å². The van der Waals surface area contributed by atoms with Gasteiger partial charge in [0.05, 0.1) is 12.5 Å². The highest BCUT2D eigenvalue weighted by atomic mass is 16.5. The van der Waals surface area contributed by atoms with Gasteiger partial charge < -0.3 is 14.4 Å². The van der Waals surface area contributed by atoms with Crippen molar-refractivity contribution in [2.24, 2.45) is 5.92 Å². The van der Waals surface area contributed by atoms with E-state index < -0.39 is 0 Å². The SMILES string of the molecule is CC.CCCCCCOC(=O)C1CC(=O)N(CCCOC)C1. The molecule has 0 N–H and O–H groups in total. The van der Waals surface area contributed by atoms with Crippen LogP contribution in [0, 0.1) is 5.92 Å². The number of nitrogens with zero attached hydrogens (tertiary/aromatic N) is 1. The highest BCUT2D eigenvalue weighted by Gasteiger charge is 2.34. The molecule has 1 aliphatic rings. The van der Waals surface area contributed by atoms with Gasteiger partial charge >= 0.3 is 5.97 Å². The summed E-state index contributed by atoms with van der Waals surface area (Å²) in [4.78, 5) is 25.4. The fourth-order valence-electron chi connectivity index (χ4n) is 2.37. The maximum absolute atomic E-state index is 11.9. The minimum atomic E-state index is -0.281. The Morgan fingerprint density at radius 1 is 1.18 bits per heavy atom. The van der Waals surface area contributed by atoms with Crippen LogP contribution < -0.4 is 0 Å². The molecule has 0 saturated carbocycles. The van der Waals surface area contributed by atoms with E-state index in [9.17, 15) is 9.59 Å². The van der Waals surface area contributed by atoms with Crippen molar-refractivity contribution in [2.75, 3.05) is 33.4 Å². The van der Waals surface area contributed by atoms with E-state index in [2.05, 4.69) is 6.92 Å². The number of amides is 1. The van der Waals surface area contributed by atoms with Crippen LogP contribution in [0.5, 0.6) is 0 Å². The second kappa shape index (κ2) is 13.6. The molecule has 1 atom stereocenters. The number of ether oxygens (including phenoxy) is 2. The second-order valence-electron chi connectivity index (χ2n) is 5.32. The molecule has 0 bridgehead atoms. The van der Waals surface area contributed by atoms with Crippen LogP contribution in [0.15, 0.2) is 0 Å². The number of methoxy groups -OCH3 is 1. The molecule has 1 aliphatic heterocycles. The largest absolute Gasteiger partial charge is 0.465 e. The van der Waals surface area contributed by atoms with Crippen molar-refractivity contribution in [3.05, 3.63) is 0 Å². The van der Waals surface area contributed by atoms with Crippen molar-refractivity contribution in [3.63, 3.8) is 0 Å². The molecule has 1 amide bonds. The van der Waals surface area contributed by atoms with Gasteiger partial charge in [-0.1, -0.05) is 40.0 Å². The summed E-state index contributed by atoms with van der Waals surface area (Å²) in [7, 11) is 1.64. The quantitative estimate of drug-likeness (QED) is 0.459. The van der Waals surface area contributed by atoms with Crippen LogP contribution in [0.3, 0.4) is 0 Å². The molecule has 1 rings (SSSR count). The second-order valence-corrected chi connectivity index (χ2v) is 5.32. The Balaban J connectivity index is 0.00000211. The zero-order valence-corrected chi connectivity index (χ0v) is 14.7. The van der Waals surface area contributed by atoms with E-state index in [1.54, 1.807) is 12.0 Å². The van der Waals surface area contributed by atoms with Gasteiger partial charge in [-0.2, -0.15) is 0 Å². The fraction of sp³-hybridized carbons (Fsp3) is 0.882. The molecule has 0 aromatic heterocycles. The zero-order valence-electron chi connectivity index (χ0n) is 14.7. The minimum absolute atomic E-state index is 0.0500. The van der Waals surface area contributed by atoms with Crippen LogP contribution >= 0.6 is 0 Å². The first-order valence-electron chi connectivity index (χ1n) is 8.62. The summed E-state index contributed by atoms with van der Waals surface area (Å²) in [6, 6.07) is 0. The maximum atomic E-state index is 11.9. The molecule has 130 valence electrons. The Kier molecular flexibility index (Phi) is 12.9. The van der Waals surface area contributed by atoms with Crippen LogP contribution in [-0.2, 0) is 19.1 Å². The zero-order chi connectivity index (χ0) is 16.8. The van der Waals surface area contributed by atoms with Crippen LogP contribution in [0.1, 0.15) is 59.3 Å². The summed E-state index contributed by atoms with van der Waals surface area (Å²) in [5.41, 5.74) is 0. The van der Waals surface area contributed by atoms with Crippen LogP contribution in [0.2, 0.25) is 0 Å². The van der Waals surface area contributed by atoms with Gasteiger partial charge in [-0.25, -0.2) is 0 Å². The minimum Gasteiger partial charge on any atom is -0.465 e. The topological polar surface area (TPSA) is 55.8 Å². The molecule has 5 nitrogen and oxygen atoms in total. The van der Waals surface area contributed by atoms with Crippen molar-refractivity contribution in [1.82, 2.24) is 4.90 Å². The average molecular weight is 315 g/mol. The number of carbonyl (C=O) groups excluding carboxylic acids is 2. The number of hydrogen-bond donors (Lipinski definition) is 0. The summed E-state index contributed by atoms with van der Waals surface area (Å²) in [6.07, 6.45) is 5.45. The summed E-state index contributed by atoms with van der Waals surface area (Å²) in [5.74, 6) is -0.450. The third-order valence-electron chi connectivity index (χ3n) is 3.57. The van der Waals surface area contributed by atoms with Crippen molar-refractivity contribution in [1.29, 1.82) is 0 Å². The van der Waals surface area contributed by atoms with E-state index in [0.29, 0.717) is 32.7 Å². The van der Waals surface area contributed by atoms with Gasteiger partial charge in [0.2, 0.25) is 5.91 Å². The smallest absolute Gasteiger partial charge is 0.311 e. The number of carbonyl (C=O) groups is 2. The van der Waals surface area contributed by atoms with E-state index >= 15 is 0 Å². The van der Waals surface area contributed by atoms with Gasteiger partial charge in [0.25, 0.3) is 0 Å². The lowest BCUT2D eigenvalue weighted by molar-refractivity contribution is -0.148. The number of unbranched alkanes of at least 4 members (excludes halogenated alkanes) is 3. The van der Waals surface area contributed by atoms with Crippen molar-refractivity contribution in [2.45, 2.75) is 59.3 Å². The summed E-state index contributed by atoms with van der Waals surface area (Å²) in [5, 5.41) is 0. The molecule has 0 spiro atoms. The van der Waals surface area contributed by atoms with Gasteiger partial charge in [-0.15, -0.1) is 0 Å². The molecule has 1 unspecified atom stereocenters. The molecule has 1 saturated heterocycles. The van der Waals surface area contributed by atoms with Gasteiger partial charge in [0, 0.05) is 33.2 Å². The van der Waals surface area contributed by atoms with Crippen LogP contribution in [0.25, 0.3) is 0 Å². The highest BCUT2D eigenvalue weighted by Crippen LogP contribution is 2.19. The Bertz CT molecular complexity index is 307. The van der Waals surface area contributed by atoms with Crippen molar-refractivity contribution < 1.29 is 19.1 Å². The molecule has 5 heteroatoms. The number of likely N-dealkylation sites (tertiary alicyclic amines) is 1. The lowest BCUT2D eigenvalue weighted by atomic mass is 10.1. The van der Waals surface area contributed by atoms with E-state index in [4.69, 9.17) is 9.47 Å². The Labute approximate surface area is 135 Å². The first-order valence-corrected chi connectivity index (χ1v) is 8.62.